The van der Waals surface area contributed by atoms with Gasteiger partial charge in [-0.25, -0.2) is 4.98 Å². The van der Waals surface area contributed by atoms with E-state index in [1.165, 1.54) is 23.7 Å². The van der Waals surface area contributed by atoms with E-state index in [-0.39, 0.29) is 22.7 Å². The van der Waals surface area contributed by atoms with Crippen molar-refractivity contribution in [1.82, 2.24) is 9.55 Å². The van der Waals surface area contributed by atoms with Crippen LogP contribution in [0.2, 0.25) is 0 Å². The number of ether oxygens (including phenoxy) is 1. The van der Waals surface area contributed by atoms with E-state index in [0.717, 1.165) is 48.9 Å². The van der Waals surface area contributed by atoms with Gasteiger partial charge in [0.05, 0.1) is 23.6 Å². The summed E-state index contributed by atoms with van der Waals surface area (Å²) in [4.78, 5) is 30.2. The minimum absolute atomic E-state index is 0.0350. The highest BCUT2D eigenvalue weighted by Gasteiger charge is 2.43. The summed E-state index contributed by atoms with van der Waals surface area (Å²) in [5.41, 5.74) is 3.97. The van der Waals surface area contributed by atoms with E-state index in [4.69, 9.17) is 9.72 Å². The van der Waals surface area contributed by atoms with Gasteiger partial charge in [-0.3, -0.25) is 14.2 Å². The van der Waals surface area contributed by atoms with E-state index in [0.29, 0.717) is 11.8 Å². The zero-order valence-corrected chi connectivity index (χ0v) is 17.3. The Morgan fingerprint density at radius 3 is 2.75 bits per heavy atom. The molecular formula is C22H26N2O3S. The summed E-state index contributed by atoms with van der Waals surface area (Å²) in [6.45, 7) is 2.14. The highest BCUT2D eigenvalue weighted by atomic mass is 32.2. The van der Waals surface area contributed by atoms with Gasteiger partial charge in [0.2, 0.25) is 0 Å². The van der Waals surface area contributed by atoms with E-state index in [1.807, 2.05) is 6.07 Å². The highest BCUT2D eigenvalue weighted by Crippen LogP contribution is 2.48. The van der Waals surface area contributed by atoms with Gasteiger partial charge < -0.3 is 4.74 Å². The Balaban J connectivity index is 1.83. The van der Waals surface area contributed by atoms with E-state index in [2.05, 4.69) is 18.2 Å². The topological polar surface area (TPSA) is 61.2 Å². The molecule has 4 rings (SSSR count). The van der Waals surface area contributed by atoms with Gasteiger partial charge >= 0.3 is 5.97 Å². The zero-order valence-electron chi connectivity index (χ0n) is 16.5. The summed E-state index contributed by atoms with van der Waals surface area (Å²) in [5, 5.41) is 0.569. The Morgan fingerprint density at radius 1 is 1.25 bits per heavy atom. The van der Waals surface area contributed by atoms with Crippen molar-refractivity contribution in [3.05, 3.63) is 45.7 Å². The van der Waals surface area contributed by atoms with Gasteiger partial charge in [-0.2, -0.15) is 0 Å². The number of hydrogen-bond donors (Lipinski definition) is 0. The van der Waals surface area contributed by atoms with Gasteiger partial charge in [0.25, 0.3) is 5.56 Å². The summed E-state index contributed by atoms with van der Waals surface area (Å²) in [6, 6.07) is 8.30. The van der Waals surface area contributed by atoms with Crippen LogP contribution in [-0.2, 0) is 28.4 Å². The maximum atomic E-state index is 13.5. The van der Waals surface area contributed by atoms with Crippen LogP contribution in [0, 0.1) is 0 Å². The number of carbonyl (C=O) groups is 1. The molecule has 1 heterocycles. The lowest BCUT2D eigenvalue weighted by Crippen LogP contribution is -2.42. The molecule has 2 aliphatic carbocycles. The number of esters is 1. The monoisotopic (exact) mass is 398 g/mol. The smallest absolute Gasteiger partial charge is 0.316 e. The average Bonchev–Trinajstić information content (AvgIpc) is 2.70. The van der Waals surface area contributed by atoms with Crippen LogP contribution in [0.5, 0.6) is 0 Å². The highest BCUT2D eigenvalue weighted by molar-refractivity contribution is 7.99. The number of nitrogens with zero attached hydrogens (tertiary/aromatic N) is 2. The van der Waals surface area contributed by atoms with Crippen LogP contribution in [0.15, 0.2) is 34.2 Å². The maximum Gasteiger partial charge on any atom is 0.316 e. The number of carbonyl (C=O) groups excluding carboxylic acids is 1. The average molecular weight is 399 g/mol. The largest absolute Gasteiger partial charge is 0.465 e. The number of rotatable bonds is 4. The Kier molecular flexibility index (Phi) is 5.32. The molecular weight excluding hydrogens is 372 g/mol. The van der Waals surface area contributed by atoms with E-state index >= 15 is 0 Å². The lowest BCUT2D eigenvalue weighted by atomic mass is 9.62. The summed E-state index contributed by atoms with van der Waals surface area (Å²) in [5.74, 6) is -0.136. The predicted molar refractivity (Wildman–Crippen MR) is 111 cm³/mol. The summed E-state index contributed by atoms with van der Waals surface area (Å²) in [6.07, 6.45) is 6.55. The van der Waals surface area contributed by atoms with Crippen molar-refractivity contribution < 1.29 is 9.53 Å². The van der Waals surface area contributed by atoms with Crippen LogP contribution in [0.1, 0.15) is 50.2 Å². The quantitative estimate of drug-likeness (QED) is 0.445. The molecule has 0 atom stereocenters. The van der Waals surface area contributed by atoms with Crippen molar-refractivity contribution in [1.29, 1.82) is 0 Å². The summed E-state index contributed by atoms with van der Waals surface area (Å²) in [7, 11) is 1.76. The fraction of sp³-hybridized carbons (Fsp3) is 0.500. The van der Waals surface area contributed by atoms with Gasteiger partial charge in [-0.15, -0.1) is 0 Å². The standard InChI is InChI=1S/C22H26N2O3S/c1-3-27-17(25)14-28-21-23-19-16-10-6-5-9-15(16)13-22(11-7-4-8-12-22)18(19)20(26)24(21)2/h5-6,9-10H,3-4,7-8,11-14H2,1-2H3. The maximum absolute atomic E-state index is 13.5. The minimum Gasteiger partial charge on any atom is -0.465 e. The third-order valence-corrected chi connectivity index (χ3v) is 7.02. The zero-order chi connectivity index (χ0) is 19.7. The van der Waals surface area contributed by atoms with Crippen molar-refractivity contribution in [2.24, 2.45) is 7.05 Å². The van der Waals surface area contributed by atoms with Gasteiger partial charge in [0.1, 0.15) is 0 Å². The molecule has 0 radical (unpaired) electrons. The molecule has 148 valence electrons. The molecule has 0 amide bonds. The third-order valence-electron chi connectivity index (χ3n) is 6.02. The fourth-order valence-corrected chi connectivity index (χ4v) is 5.49. The molecule has 2 aromatic rings. The van der Waals surface area contributed by atoms with Crippen LogP contribution in [-0.4, -0.2) is 27.9 Å². The number of hydrogen-bond acceptors (Lipinski definition) is 5. The van der Waals surface area contributed by atoms with Crippen LogP contribution in [0.25, 0.3) is 11.3 Å². The second kappa shape index (κ2) is 7.74. The van der Waals surface area contributed by atoms with Crippen LogP contribution in [0.4, 0.5) is 0 Å². The van der Waals surface area contributed by atoms with E-state index in [1.54, 1.807) is 18.5 Å². The third kappa shape index (κ3) is 3.28. The molecule has 1 saturated carbocycles. The molecule has 28 heavy (non-hydrogen) atoms. The molecule has 0 bridgehead atoms. The Morgan fingerprint density at radius 2 is 2.00 bits per heavy atom. The van der Waals surface area contributed by atoms with Crippen molar-refractivity contribution in [3.63, 3.8) is 0 Å². The summed E-state index contributed by atoms with van der Waals surface area (Å²) >= 11 is 1.27. The van der Waals surface area contributed by atoms with Crippen molar-refractivity contribution in [2.45, 2.75) is 56.0 Å². The molecule has 2 aliphatic rings. The SMILES string of the molecule is CCOC(=O)CSc1nc2c(c(=O)n1C)C1(CCCCC1)Cc1ccccc1-2. The molecule has 0 saturated heterocycles. The normalized spacial score (nSPS) is 17.1. The Hall–Kier alpha value is -2.08. The molecule has 1 aromatic carbocycles. The molecule has 0 unspecified atom stereocenters. The first kappa shape index (κ1) is 19.2. The molecule has 5 nitrogen and oxygen atoms in total. The molecule has 6 heteroatoms. The van der Waals surface area contributed by atoms with Crippen LogP contribution >= 0.6 is 11.8 Å². The number of thioether (sulfide) groups is 1. The fourth-order valence-electron chi connectivity index (χ4n) is 4.72. The predicted octanol–water partition coefficient (Wildman–Crippen LogP) is 3.86. The van der Waals surface area contributed by atoms with Crippen molar-refractivity contribution >= 4 is 17.7 Å². The number of benzene rings is 1. The molecule has 0 aliphatic heterocycles. The molecule has 0 N–H and O–H groups in total. The second-order valence-corrected chi connectivity index (χ2v) is 8.69. The van der Waals surface area contributed by atoms with Gasteiger partial charge in [-0.1, -0.05) is 55.3 Å². The Labute approximate surface area is 169 Å². The van der Waals surface area contributed by atoms with Crippen LogP contribution in [0.3, 0.4) is 0 Å². The minimum atomic E-state index is -0.288. The molecule has 1 aromatic heterocycles. The van der Waals surface area contributed by atoms with Gasteiger partial charge in [0, 0.05) is 18.0 Å². The lowest BCUT2D eigenvalue weighted by molar-refractivity contribution is -0.139. The van der Waals surface area contributed by atoms with Crippen molar-refractivity contribution in [2.75, 3.05) is 12.4 Å². The summed E-state index contributed by atoms with van der Waals surface area (Å²) < 4.78 is 6.64. The number of aromatic nitrogens is 2. The van der Waals surface area contributed by atoms with Crippen molar-refractivity contribution in [3.8, 4) is 11.3 Å². The first-order valence-corrected chi connectivity index (χ1v) is 11.0. The molecule has 1 spiro atoms. The Bertz CT molecular complexity index is 961. The van der Waals surface area contributed by atoms with E-state index in [9.17, 15) is 9.59 Å². The van der Waals surface area contributed by atoms with E-state index < -0.39 is 0 Å². The lowest BCUT2D eigenvalue weighted by Gasteiger charge is -2.42. The second-order valence-electron chi connectivity index (χ2n) is 7.75. The first-order chi connectivity index (χ1) is 13.6. The first-order valence-electron chi connectivity index (χ1n) is 10.0. The molecule has 1 fully saturated rings. The van der Waals surface area contributed by atoms with Crippen LogP contribution < -0.4 is 5.56 Å². The number of fused-ring (bicyclic) bond motifs is 4. The van der Waals surface area contributed by atoms with Gasteiger partial charge in [0.15, 0.2) is 5.16 Å². The van der Waals surface area contributed by atoms with Gasteiger partial charge in [-0.05, 0) is 31.7 Å².